The first-order valence-corrected chi connectivity index (χ1v) is 8.46. The number of hydrogen-bond donors (Lipinski definition) is 6. The van der Waals surface area contributed by atoms with E-state index in [1.54, 1.807) is 0 Å². The molecule has 0 aromatic carbocycles. The molecule has 0 aliphatic heterocycles. The summed E-state index contributed by atoms with van der Waals surface area (Å²) >= 11 is 0. The molecule has 0 aliphatic rings. The van der Waals surface area contributed by atoms with Crippen molar-refractivity contribution in [3.05, 3.63) is 0 Å². The zero-order chi connectivity index (χ0) is 25.5. The van der Waals surface area contributed by atoms with Crippen LogP contribution in [0.25, 0.3) is 0 Å². The van der Waals surface area contributed by atoms with Crippen molar-refractivity contribution in [1.29, 1.82) is 0 Å². The Balaban J connectivity index is -0.0000000472. The van der Waals surface area contributed by atoms with Crippen LogP contribution in [0.3, 0.4) is 0 Å². The molecule has 15 heteroatoms. The van der Waals surface area contributed by atoms with E-state index in [2.05, 4.69) is 0 Å². The van der Waals surface area contributed by atoms with Crippen LogP contribution in [0.1, 0.15) is 27.7 Å². The number of carboxylic acid groups (broad SMARTS) is 4. The molecule has 8 N–H and O–H groups in total. The average Bonchev–Trinajstić information content (AvgIpc) is 2.54. The van der Waals surface area contributed by atoms with Crippen LogP contribution < -0.4 is 36.8 Å². The summed E-state index contributed by atoms with van der Waals surface area (Å²) < 4.78 is 0. The Hall–Kier alpha value is -1.84. The number of carboxylic acids is 4. The Labute approximate surface area is 192 Å². The summed E-state index contributed by atoms with van der Waals surface area (Å²) in [4.78, 5) is 36.6. The van der Waals surface area contributed by atoms with Crippen LogP contribution in [-0.2, 0) is 36.2 Å². The molecule has 0 fully saturated rings. The topological polar surface area (TPSA) is 278 Å². The van der Waals surface area contributed by atoms with Gasteiger partial charge in [-0.1, -0.05) is 0 Å². The number of quaternary nitrogens is 1. The molecule has 0 saturated carbocycles. The van der Waals surface area contributed by atoms with Gasteiger partial charge < -0.3 is 71.3 Å². The van der Waals surface area contributed by atoms with Gasteiger partial charge in [0, 0.05) is 37.0 Å². The third kappa shape index (κ3) is 289. The van der Waals surface area contributed by atoms with E-state index in [1.807, 2.05) is 0 Å². The molecule has 0 bridgehead atoms. The first-order valence-electron chi connectivity index (χ1n) is 8.46. The van der Waals surface area contributed by atoms with Crippen LogP contribution in [0.15, 0.2) is 0 Å². The molecule has 0 aromatic heterocycles. The van der Waals surface area contributed by atoms with E-state index in [0.717, 1.165) is 32.6 Å². The second-order valence-corrected chi connectivity index (χ2v) is 4.71. The first-order chi connectivity index (χ1) is 13.7. The standard InChI is InChI=1S/C6H15NO3.C2H8N2.4C2H4O2.Fe/c8-4-1-7(2-5-9)3-6-10;3-1-2-4;4*1-2(3)4;/h8-10H,1-6H2;1-4H2;4*1H3,(H,3,4);/q;;;;;;+3/p-3. The van der Waals surface area contributed by atoms with Crippen LogP contribution >= 0.6 is 0 Å². The maximum absolute atomic E-state index is 8.89. The molecule has 0 aliphatic carbocycles. The Morgan fingerprint density at radius 1 is 0.613 bits per heavy atom. The molecule has 0 saturated heterocycles. The van der Waals surface area contributed by atoms with E-state index >= 15 is 0 Å². The van der Waals surface area contributed by atoms with Crippen molar-refractivity contribution in [3.63, 3.8) is 0 Å². The Bertz CT molecular complexity index is 310. The molecule has 0 amide bonds. The number of aliphatic hydroxyl groups is 3. The fourth-order valence-corrected chi connectivity index (χ4v) is 0.849. The minimum Gasteiger partial charge on any atom is -0.550 e. The van der Waals surface area contributed by atoms with E-state index in [4.69, 9.17) is 66.4 Å². The number of hydrogen-bond acceptors (Lipinski definition) is 13. The Kier molecular flexibility index (Phi) is 70.5. The van der Waals surface area contributed by atoms with Crippen molar-refractivity contribution in [2.24, 2.45) is 11.5 Å². The van der Waals surface area contributed by atoms with Crippen LogP contribution in [0, 0.1) is 0 Å². The second-order valence-electron chi connectivity index (χ2n) is 4.71. The maximum Gasteiger partial charge on any atom is 3.00 e. The quantitative estimate of drug-likeness (QED) is 0.177. The summed E-state index contributed by atoms with van der Waals surface area (Å²) in [7, 11) is 0. The number of carbonyl (C=O) groups excluding carboxylic acids is 4. The molecule has 0 spiro atoms. The number of aliphatic carboxylic acids is 4. The average molecular weight is 502 g/mol. The Morgan fingerprint density at radius 2 is 0.742 bits per heavy atom. The molecule has 31 heavy (non-hydrogen) atoms. The molecule has 14 nitrogen and oxygen atoms in total. The molecule has 0 heterocycles. The summed E-state index contributed by atoms with van der Waals surface area (Å²) in [5.41, 5.74) is 9.81. The van der Waals surface area contributed by atoms with Crippen molar-refractivity contribution in [3.8, 4) is 0 Å². The van der Waals surface area contributed by atoms with Crippen molar-refractivity contribution < 1.29 is 76.9 Å². The fraction of sp³-hybridized carbons (Fsp3) is 0.750. The number of nitrogens with one attached hydrogen (secondary N) is 1. The van der Waals surface area contributed by atoms with E-state index in [0.29, 0.717) is 32.7 Å². The molecule has 0 aromatic rings. The van der Waals surface area contributed by atoms with Crippen LogP contribution in [0.5, 0.6) is 0 Å². The smallest absolute Gasteiger partial charge is 0.550 e. The van der Waals surface area contributed by atoms with Gasteiger partial charge >= 0.3 is 17.1 Å². The zero-order valence-electron chi connectivity index (χ0n) is 18.3. The number of rotatable bonds is 7. The van der Waals surface area contributed by atoms with Gasteiger partial charge in [0.2, 0.25) is 0 Å². The Morgan fingerprint density at radius 3 is 0.806 bits per heavy atom. The minimum atomic E-state index is -1.08. The van der Waals surface area contributed by atoms with E-state index < -0.39 is 23.9 Å². The summed E-state index contributed by atoms with van der Waals surface area (Å²) in [5, 5.41) is 61.1. The van der Waals surface area contributed by atoms with Gasteiger partial charge in [-0.05, 0) is 27.7 Å². The van der Waals surface area contributed by atoms with Gasteiger partial charge in [0.25, 0.3) is 0 Å². The number of aliphatic hydroxyl groups excluding tert-OH is 3. The molecular weight excluding hydrogens is 466 g/mol. The van der Waals surface area contributed by atoms with E-state index in [1.165, 1.54) is 0 Å². The maximum atomic E-state index is 8.89. The normalized spacial score (nSPS) is 7.68. The van der Waals surface area contributed by atoms with Crippen molar-refractivity contribution in [2.75, 3.05) is 52.5 Å². The van der Waals surface area contributed by atoms with Crippen LogP contribution in [0.4, 0.5) is 0 Å². The van der Waals surface area contributed by atoms with Crippen molar-refractivity contribution in [2.45, 2.75) is 27.7 Å². The third-order valence-electron chi connectivity index (χ3n) is 1.56. The van der Waals surface area contributed by atoms with Crippen LogP contribution in [0.2, 0.25) is 0 Å². The van der Waals surface area contributed by atoms with Crippen molar-refractivity contribution in [1.82, 2.24) is 0 Å². The van der Waals surface area contributed by atoms with E-state index in [-0.39, 0.29) is 36.9 Å². The third-order valence-corrected chi connectivity index (χ3v) is 1.56. The van der Waals surface area contributed by atoms with Gasteiger partial charge in [0.15, 0.2) is 0 Å². The molecular formula is C16H36FeN3O11. The summed E-state index contributed by atoms with van der Waals surface area (Å²) in [5.74, 6) is -4.33. The van der Waals surface area contributed by atoms with Gasteiger partial charge in [-0.3, -0.25) is 0 Å². The fourth-order valence-electron chi connectivity index (χ4n) is 0.849. The molecule has 0 rings (SSSR count). The summed E-state index contributed by atoms with van der Waals surface area (Å²) in [6.45, 7) is 7.20. The minimum absolute atomic E-state index is 0. The van der Waals surface area contributed by atoms with E-state index in [9.17, 15) is 0 Å². The summed E-state index contributed by atoms with van der Waals surface area (Å²) in [6, 6.07) is 0. The van der Waals surface area contributed by atoms with Crippen LogP contribution in [-0.4, -0.2) is 91.7 Å². The van der Waals surface area contributed by atoms with Gasteiger partial charge in [-0.2, -0.15) is 0 Å². The largest absolute Gasteiger partial charge is 3.00 e. The zero-order valence-corrected chi connectivity index (χ0v) is 19.4. The molecule has 1 radical (unpaired) electrons. The molecule has 0 atom stereocenters. The number of nitrogens with two attached hydrogens (primary N) is 2. The molecule has 0 unspecified atom stereocenters. The number of carbonyl (C=O) groups is 4. The SMILES string of the molecule is CC(=O)[O-].CC(=O)[O-].CC(=O)[O-].CC(=O)[O-].NCCN.OCC[NH+](CCO)CCO.[Fe+3]. The molecule has 189 valence electrons. The monoisotopic (exact) mass is 502 g/mol. The van der Waals surface area contributed by atoms with Gasteiger partial charge in [0.05, 0.1) is 19.8 Å². The summed E-state index contributed by atoms with van der Waals surface area (Å²) in [6.07, 6.45) is 0. The van der Waals surface area contributed by atoms with Crippen molar-refractivity contribution >= 4 is 23.9 Å². The van der Waals surface area contributed by atoms with Gasteiger partial charge in [0.1, 0.15) is 19.6 Å². The predicted molar refractivity (Wildman–Crippen MR) is 97.7 cm³/mol. The van der Waals surface area contributed by atoms with Gasteiger partial charge in [-0.25, -0.2) is 0 Å². The first kappa shape index (κ1) is 47.1. The second kappa shape index (κ2) is 46.4. The predicted octanol–water partition coefficient (Wildman–Crippen LogP) is -9.23. The van der Waals surface area contributed by atoms with Gasteiger partial charge in [-0.15, -0.1) is 0 Å².